The number of aromatic amines is 1. The Morgan fingerprint density at radius 2 is 2.45 bits per heavy atom. The van der Waals surface area contributed by atoms with Crippen molar-refractivity contribution in [3.8, 4) is 0 Å². The molecule has 0 amide bonds. The second-order valence-electron chi connectivity index (χ2n) is 2.22. The van der Waals surface area contributed by atoms with Crippen LogP contribution in [-0.2, 0) is 0 Å². The molecule has 0 unspecified atom stereocenters. The lowest BCUT2D eigenvalue weighted by Crippen LogP contribution is -2.24. The summed E-state index contributed by atoms with van der Waals surface area (Å²) in [6.45, 7) is 2.48. The minimum absolute atomic E-state index is 0.192. The highest BCUT2D eigenvalue weighted by molar-refractivity contribution is 5.69. The molecule has 0 aliphatic carbocycles. The second-order valence-corrected chi connectivity index (χ2v) is 2.22. The zero-order valence-electron chi connectivity index (χ0n) is 5.72. The van der Waals surface area contributed by atoms with Crippen LogP contribution < -0.4 is 16.2 Å². The summed E-state index contributed by atoms with van der Waals surface area (Å²) in [4.78, 5) is 11.0. The van der Waals surface area contributed by atoms with Crippen LogP contribution in [0.3, 0.4) is 0 Å². The summed E-state index contributed by atoms with van der Waals surface area (Å²) in [5.74, 6) is 0. The molecular weight excluding hydrogens is 144 g/mol. The third-order valence-electron chi connectivity index (χ3n) is 1.49. The Labute approximate surface area is 62.8 Å². The first-order valence-corrected chi connectivity index (χ1v) is 3.28. The molecule has 0 aromatic carbocycles. The molecule has 0 saturated heterocycles. The van der Waals surface area contributed by atoms with E-state index in [0.717, 1.165) is 5.69 Å². The third kappa shape index (κ3) is 0.938. The Kier molecular flexibility index (Phi) is 1.28. The molecule has 57 valence electrons. The largest absolute Gasteiger partial charge is 0.377 e. The normalized spacial score (nSPS) is 14.5. The zero-order valence-corrected chi connectivity index (χ0v) is 5.72. The summed E-state index contributed by atoms with van der Waals surface area (Å²) < 4.78 is 0. The number of hydrogen-bond donors (Lipinski definition) is 3. The summed E-state index contributed by atoms with van der Waals surface area (Å²) in [6.07, 6.45) is 1.57. The molecule has 0 bridgehead atoms. The molecule has 3 N–H and O–H groups in total. The molecule has 0 fully saturated rings. The van der Waals surface area contributed by atoms with E-state index in [0.29, 0.717) is 12.2 Å². The van der Waals surface area contributed by atoms with Gasteiger partial charge in [0.15, 0.2) is 0 Å². The highest BCUT2D eigenvalue weighted by atomic mass is 16.1. The molecule has 5 heteroatoms. The summed E-state index contributed by atoms with van der Waals surface area (Å²) in [5.41, 5.74) is 1.09. The number of hydrogen-bond acceptors (Lipinski definition) is 4. The van der Waals surface area contributed by atoms with E-state index in [-0.39, 0.29) is 5.56 Å². The Hall–Kier alpha value is -1.52. The minimum Gasteiger partial charge on any atom is -0.377 e. The smallest absolute Gasteiger partial charge is 0.289 e. The SMILES string of the molecule is O=c1[nH]ncc2c1NC[CH]N2. The van der Waals surface area contributed by atoms with Crippen molar-refractivity contribution in [2.45, 2.75) is 0 Å². The fourth-order valence-corrected chi connectivity index (χ4v) is 0.997. The maximum absolute atomic E-state index is 11.0. The van der Waals surface area contributed by atoms with E-state index in [1.54, 1.807) is 6.20 Å². The number of H-pyrrole nitrogens is 1. The zero-order chi connectivity index (χ0) is 7.68. The van der Waals surface area contributed by atoms with Crippen molar-refractivity contribution >= 4 is 11.4 Å². The van der Waals surface area contributed by atoms with Gasteiger partial charge < -0.3 is 10.6 Å². The summed E-state index contributed by atoms with van der Waals surface area (Å²) in [5, 5.41) is 11.8. The fraction of sp³-hybridized carbons (Fsp3) is 0.167. The summed E-state index contributed by atoms with van der Waals surface area (Å²) in [7, 11) is 0. The van der Waals surface area contributed by atoms with Crippen LogP contribution in [0.5, 0.6) is 0 Å². The lowest BCUT2D eigenvalue weighted by atomic mass is 10.3. The number of fused-ring (bicyclic) bond motifs is 1. The van der Waals surface area contributed by atoms with Crippen LogP contribution in [0.25, 0.3) is 0 Å². The minimum atomic E-state index is -0.192. The first kappa shape index (κ1) is 6.21. The van der Waals surface area contributed by atoms with E-state index in [1.165, 1.54) is 0 Å². The number of nitrogens with zero attached hydrogens (tertiary/aromatic N) is 1. The highest BCUT2D eigenvalue weighted by Gasteiger charge is 2.10. The van der Waals surface area contributed by atoms with Crippen LogP contribution in [0, 0.1) is 6.54 Å². The quantitative estimate of drug-likeness (QED) is 0.479. The molecule has 2 heterocycles. The molecular formula is C6H7N4O. The van der Waals surface area contributed by atoms with Crippen molar-refractivity contribution in [1.82, 2.24) is 10.2 Å². The third-order valence-corrected chi connectivity index (χ3v) is 1.49. The van der Waals surface area contributed by atoms with E-state index in [4.69, 9.17) is 0 Å². The molecule has 11 heavy (non-hydrogen) atoms. The van der Waals surface area contributed by atoms with Crippen molar-refractivity contribution in [2.75, 3.05) is 17.2 Å². The summed E-state index contributed by atoms with van der Waals surface area (Å²) >= 11 is 0. The fourth-order valence-electron chi connectivity index (χ4n) is 0.997. The second kappa shape index (κ2) is 2.26. The monoisotopic (exact) mass is 151 g/mol. The van der Waals surface area contributed by atoms with E-state index in [2.05, 4.69) is 20.8 Å². The Morgan fingerprint density at radius 3 is 3.27 bits per heavy atom. The van der Waals surface area contributed by atoms with E-state index in [1.807, 2.05) is 6.54 Å². The Morgan fingerprint density at radius 1 is 1.55 bits per heavy atom. The Balaban J connectivity index is 2.58. The predicted octanol–water partition coefficient (Wildman–Crippen LogP) is -0.231. The molecule has 1 aromatic rings. The van der Waals surface area contributed by atoms with Gasteiger partial charge in [-0.15, -0.1) is 0 Å². The standard InChI is InChI=1S/C6H7N4O/c11-6-5-4(3-9-10-6)7-1-2-8-5/h1,3,7-8H,2H2,(H,10,11). The molecule has 1 aliphatic heterocycles. The van der Waals surface area contributed by atoms with Crippen molar-refractivity contribution in [1.29, 1.82) is 0 Å². The molecule has 1 aromatic heterocycles. The average molecular weight is 151 g/mol. The van der Waals surface area contributed by atoms with Crippen molar-refractivity contribution < 1.29 is 0 Å². The summed E-state index contributed by atoms with van der Waals surface area (Å²) in [6, 6.07) is 0. The lowest BCUT2D eigenvalue weighted by molar-refractivity contribution is 0.973. The van der Waals surface area contributed by atoms with Gasteiger partial charge in [0.25, 0.3) is 5.56 Å². The van der Waals surface area contributed by atoms with Gasteiger partial charge in [-0.05, 0) is 0 Å². The average Bonchev–Trinajstić information content (AvgIpc) is 2.06. The van der Waals surface area contributed by atoms with Crippen LogP contribution in [0.4, 0.5) is 11.4 Å². The van der Waals surface area contributed by atoms with Gasteiger partial charge in [-0.1, -0.05) is 0 Å². The van der Waals surface area contributed by atoms with E-state index < -0.39 is 0 Å². The van der Waals surface area contributed by atoms with Crippen LogP contribution in [0.1, 0.15) is 0 Å². The topological polar surface area (TPSA) is 69.8 Å². The molecule has 1 aliphatic rings. The van der Waals surface area contributed by atoms with Gasteiger partial charge in [-0.2, -0.15) is 5.10 Å². The molecule has 2 rings (SSSR count). The molecule has 0 atom stereocenters. The molecule has 5 nitrogen and oxygen atoms in total. The Bertz CT molecular complexity index is 319. The van der Waals surface area contributed by atoms with Gasteiger partial charge in [-0.25, -0.2) is 5.10 Å². The van der Waals surface area contributed by atoms with Gasteiger partial charge in [0.1, 0.15) is 5.69 Å². The van der Waals surface area contributed by atoms with Crippen LogP contribution in [0.2, 0.25) is 0 Å². The van der Waals surface area contributed by atoms with E-state index >= 15 is 0 Å². The molecule has 1 radical (unpaired) electrons. The lowest BCUT2D eigenvalue weighted by Gasteiger charge is -2.16. The van der Waals surface area contributed by atoms with Crippen molar-refractivity contribution in [3.05, 3.63) is 23.1 Å². The molecule has 0 spiro atoms. The van der Waals surface area contributed by atoms with Crippen LogP contribution in [-0.4, -0.2) is 16.7 Å². The maximum atomic E-state index is 11.0. The number of aromatic nitrogens is 2. The van der Waals surface area contributed by atoms with Gasteiger partial charge in [-0.3, -0.25) is 4.79 Å². The first-order valence-electron chi connectivity index (χ1n) is 3.28. The predicted molar refractivity (Wildman–Crippen MR) is 41.3 cm³/mol. The van der Waals surface area contributed by atoms with Crippen molar-refractivity contribution in [2.24, 2.45) is 0 Å². The van der Waals surface area contributed by atoms with Gasteiger partial charge in [0, 0.05) is 6.54 Å². The molecule has 0 saturated carbocycles. The number of nitrogens with one attached hydrogen (secondary N) is 3. The van der Waals surface area contributed by atoms with Crippen molar-refractivity contribution in [3.63, 3.8) is 0 Å². The van der Waals surface area contributed by atoms with Gasteiger partial charge in [0.2, 0.25) is 0 Å². The van der Waals surface area contributed by atoms with Crippen LogP contribution >= 0.6 is 0 Å². The maximum Gasteiger partial charge on any atom is 0.289 e. The van der Waals surface area contributed by atoms with E-state index in [9.17, 15) is 4.79 Å². The van der Waals surface area contributed by atoms with Crippen LogP contribution in [0.15, 0.2) is 11.0 Å². The van der Waals surface area contributed by atoms with Gasteiger partial charge in [0.05, 0.1) is 18.4 Å². The first-order chi connectivity index (χ1) is 5.38. The van der Waals surface area contributed by atoms with Gasteiger partial charge >= 0.3 is 0 Å². The highest BCUT2D eigenvalue weighted by Crippen LogP contribution is 2.17. The number of anilines is 2. The number of rotatable bonds is 0.